The molecule has 1 fully saturated rings. The molecule has 1 aliphatic carbocycles. The molecule has 0 heterocycles. The van der Waals surface area contributed by atoms with Crippen LogP contribution in [-0.2, 0) is 6.42 Å². The maximum atomic E-state index is 13.0. The number of hydrogen-bond acceptors (Lipinski definition) is 1. The quantitative estimate of drug-likeness (QED) is 0.797. The third-order valence-corrected chi connectivity index (χ3v) is 3.99. The highest BCUT2D eigenvalue weighted by Gasteiger charge is 2.15. The predicted octanol–water partition coefficient (Wildman–Crippen LogP) is 3.93. The highest BCUT2D eigenvalue weighted by atomic mass is 19.1. The van der Waals surface area contributed by atoms with E-state index in [-0.39, 0.29) is 5.82 Å². The van der Waals surface area contributed by atoms with Crippen molar-refractivity contribution in [1.82, 2.24) is 5.32 Å². The molecule has 18 heavy (non-hydrogen) atoms. The van der Waals surface area contributed by atoms with Crippen LogP contribution in [0.3, 0.4) is 0 Å². The van der Waals surface area contributed by atoms with Gasteiger partial charge in [0.15, 0.2) is 0 Å². The summed E-state index contributed by atoms with van der Waals surface area (Å²) in [5, 5.41) is 3.63. The summed E-state index contributed by atoms with van der Waals surface area (Å²) in [5.41, 5.74) is 1.09. The molecule has 1 aliphatic rings. The lowest BCUT2D eigenvalue weighted by Gasteiger charge is -2.16. The van der Waals surface area contributed by atoms with Gasteiger partial charge in [0.05, 0.1) is 0 Å². The number of halogens is 1. The average Bonchev–Trinajstić information content (AvgIpc) is 2.55. The fraction of sp³-hybridized carbons (Fsp3) is 0.625. The summed E-state index contributed by atoms with van der Waals surface area (Å²) in [4.78, 5) is 0. The molecule has 0 amide bonds. The van der Waals surface area contributed by atoms with Crippen molar-refractivity contribution in [3.05, 3.63) is 35.6 Å². The van der Waals surface area contributed by atoms with Gasteiger partial charge >= 0.3 is 0 Å². The van der Waals surface area contributed by atoms with E-state index in [0.717, 1.165) is 24.4 Å². The molecule has 1 N–H and O–H groups in total. The van der Waals surface area contributed by atoms with Crippen molar-refractivity contribution >= 4 is 0 Å². The molecule has 0 aromatic heterocycles. The normalized spacial score (nSPS) is 24.8. The number of rotatable bonds is 4. The molecule has 2 atom stereocenters. The first-order valence-corrected chi connectivity index (χ1v) is 7.22. The zero-order valence-corrected chi connectivity index (χ0v) is 11.3. The van der Waals surface area contributed by atoms with Crippen LogP contribution in [0.1, 0.15) is 44.6 Å². The van der Waals surface area contributed by atoms with E-state index < -0.39 is 0 Å². The first kappa shape index (κ1) is 13.5. The lowest BCUT2D eigenvalue weighted by molar-refractivity contribution is 0.450. The Morgan fingerprint density at radius 1 is 1.22 bits per heavy atom. The van der Waals surface area contributed by atoms with E-state index in [1.165, 1.54) is 38.2 Å². The third kappa shape index (κ3) is 4.41. The molecule has 1 aromatic carbocycles. The predicted molar refractivity (Wildman–Crippen MR) is 74.1 cm³/mol. The molecule has 0 aliphatic heterocycles. The van der Waals surface area contributed by atoms with E-state index in [9.17, 15) is 4.39 Å². The lowest BCUT2D eigenvalue weighted by Crippen LogP contribution is -2.30. The van der Waals surface area contributed by atoms with Crippen LogP contribution in [0.4, 0.5) is 4.39 Å². The van der Waals surface area contributed by atoms with E-state index in [1.807, 2.05) is 6.07 Å². The molecule has 100 valence electrons. The molecular formula is C16H24FN. The summed E-state index contributed by atoms with van der Waals surface area (Å²) in [6.45, 7) is 3.32. The second-order valence-corrected chi connectivity index (χ2v) is 5.64. The molecule has 2 unspecified atom stereocenters. The van der Waals surface area contributed by atoms with Crippen LogP contribution in [0, 0.1) is 11.7 Å². The second-order valence-electron chi connectivity index (χ2n) is 5.64. The van der Waals surface area contributed by atoms with Gasteiger partial charge in [-0.05, 0) is 55.8 Å². The molecule has 0 saturated heterocycles. The Labute approximate surface area is 110 Å². The highest BCUT2D eigenvalue weighted by Crippen LogP contribution is 2.22. The van der Waals surface area contributed by atoms with E-state index in [0.29, 0.717) is 6.04 Å². The first-order chi connectivity index (χ1) is 8.74. The van der Waals surface area contributed by atoms with Crippen LogP contribution in [0.25, 0.3) is 0 Å². The maximum Gasteiger partial charge on any atom is 0.123 e. The second kappa shape index (κ2) is 6.89. The van der Waals surface area contributed by atoms with Crippen molar-refractivity contribution in [1.29, 1.82) is 0 Å². The van der Waals surface area contributed by atoms with E-state index in [1.54, 1.807) is 12.1 Å². The van der Waals surface area contributed by atoms with E-state index >= 15 is 0 Å². The molecule has 0 radical (unpaired) electrons. The van der Waals surface area contributed by atoms with Gasteiger partial charge in [-0.3, -0.25) is 0 Å². The van der Waals surface area contributed by atoms with E-state index in [2.05, 4.69) is 12.2 Å². The highest BCUT2D eigenvalue weighted by molar-refractivity contribution is 5.16. The topological polar surface area (TPSA) is 12.0 Å². The summed E-state index contributed by atoms with van der Waals surface area (Å²) in [6, 6.07) is 7.60. The smallest absolute Gasteiger partial charge is 0.123 e. The Morgan fingerprint density at radius 3 is 2.94 bits per heavy atom. The summed E-state index contributed by atoms with van der Waals surface area (Å²) < 4.78 is 13.0. The van der Waals surface area contributed by atoms with Crippen molar-refractivity contribution < 1.29 is 4.39 Å². The summed E-state index contributed by atoms with van der Waals surface area (Å²) in [7, 11) is 0. The minimum atomic E-state index is -0.129. The number of benzene rings is 1. The van der Waals surface area contributed by atoms with Gasteiger partial charge < -0.3 is 5.32 Å². The van der Waals surface area contributed by atoms with Crippen molar-refractivity contribution in [2.24, 2.45) is 5.92 Å². The molecule has 1 aromatic rings. The molecule has 1 nitrogen and oxygen atoms in total. The van der Waals surface area contributed by atoms with Crippen molar-refractivity contribution in [3.63, 3.8) is 0 Å². The summed E-state index contributed by atoms with van der Waals surface area (Å²) in [5.74, 6) is 0.760. The average molecular weight is 249 g/mol. The van der Waals surface area contributed by atoms with Gasteiger partial charge in [0.2, 0.25) is 0 Å². The largest absolute Gasteiger partial charge is 0.314 e. The standard InChI is InChI=1S/C16H24FN/c1-13-4-2-7-16(9-8-13)18-11-10-14-5-3-6-15(17)12-14/h3,5-6,12-13,16,18H,2,4,7-11H2,1H3. The molecular weight excluding hydrogens is 225 g/mol. The molecule has 2 heteroatoms. The Hall–Kier alpha value is -0.890. The Kier molecular flexibility index (Phi) is 5.18. The van der Waals surface area contributed by atoms with Gasteiger partial charge in [0, 0.05) is 6.04 Å². The van der Waals surface area contributed by atoms with Gasteiger partial charge in [-0.25, -0.2) is 4.39 Å². The van der Waals surface area contributed by atoms with E-state index in [4.69, 9.17) is 0 Å². The zero-order valence-electron chi connectivity index (χ0n) is 11.3. The fourth-order valence-corrected chi connectivity index (χ4v) is 2.80. The van der Waals surface area contributed by atoms with Gasteiger partial charge in [-0.2, -0.15) is 0 Å². The van der Waals surface area contributed by atoms with Crippen molar-refractivity contribution in [2.45, 2.75) is 51.5 Å². The van der Waals surface area contributed by atoms with Crippen LogP contribution in [0.2, 0.25) is 0 Å². The van der Waals surface area contributed by atoms with Gasteiger partial charge in [0.25, 0.3) is 0 Å². The molecule has 0 bridgehead atoms. The van der Waals surface area contributed by atoms with Crippen molar-refractivity contribution in [3.8, 4) is 0 Å². The molecule has 1 saturated carbocycles. The minimum Gasteiger partial charge on any atom is -0.314 e. The third-order valence-electron chi connectivity index (χ3n) is 3.99. The zero-order chi connectivity index (χ0) is 12.8. The molecule has 2 rings (SSSR count). The fourth-order valence-electron chi connectivity index (χ4n) is 2.80. The summed E-state index contributed by atoms with van der Waals surface area (Å²) in [6.07, 6.45) is 7.58. The van der Waals surface area contributed by atoms with Crippen LogP contribution in [0.5, 0.6) is 0 Å². The minimum absolute atomic E-state index is 0.129. The van der Waals surface area contributed by atoms with Crippen LogP contribution in [-0.4, -0.2) is 12.6 Å². The van der Waals surface area contributed by atoms with Gasteiger partial charge in [-0.1, -0.05) is 31.9 Å². The first-order valence-electron chi connectivity index (χ1n) is 7.22. The lowest BCUT2D eigenvalue weighted by atomic mass is 10.0. The maximum absolute atomic E-state index is 13.0. The SMILES string of the molecule is CC1CCCC(NCCc2cccc(F)c2)CC1. The van der Waals surface area contributed by atoms with Crippen molar-refractivity contribution in [2.75, 3.05) is 6.54 Å². The number of hydrogen-bond donors (Lipinski definition) is 1. The van der Waals surface area contributed by atoms with Gasteiger partial charge in [0.1, 0.15) is 5.82 Å². The van der Waals surface area contributed by atoms with Gasteiger partial charge in [-0.15, -0.1) is 0 Å². The molecule has 0 spiro atoms. The number of nitrogens with one attached hydrogen (secondary N) is 1. The summed E-state index contributed by atoms with van der Waals surface area (Å²) >= 11 is 0. The van der Waals surface area contributed by atoms with Crippen LogP contribution < -0.4 is 5.32 Å². The Bertz CT molecular complexity index is 364. The van der Waals surface area contributed by atoms with Crippen LogP contribution >= 0.6 is 0 Å². The van der Waals surface area contributed by atoms with Crippen LogP contribution in [0.15, 0.2) is 24.3 Å². The monoisotopic (exact) mass is 249 g/mol. The Balaban J connectivity index is 1.71. The Morgan fingerprint density at radius 2 is 2.11 bits per heavy atom.